The largest absolute Gasteiger partial charge is 0.0560 e. The predicted molar refractivity (Wildman–Crippen MR) is 75.3 cm³/mol. The van der Waals surface area contributed by atoms with Crippen LogP contribution in [0.15, 0.2) is 12.1 Å². The molecule has 0 bridgehead atoms. The summed E-state index contributed by atoms with van der Waals surface area (Å²) < 4.78 is 2.76. The van der Waals surface area contributed by atoms with Crippen molar-refractivity contribution in [3.63, 3.8) is 0 Å². The lowest BCUT2D eigenvalue weighted by Gasteiger charge is -2.22. The van der Waals surface area contributed by atoms with Gasteiger partial charge in [-0.15, -0.1) is 0 Å². The maximum atomic E-state index is 2.44. The molecule has 0 aliphatic rings. The first-order valence-electron chi connectivity index (χ1n) is 4.28. The molecular weight excluding hydrogens is 386 g/mol. The van der Waals surface area contributed by atoms with E-state index in [1.54, 1.807) is 0 Å². The summed E-state index contributed by atoms with van der Waals surface area (Å²) in [6.07, 6.45) is 0. The second kappa shape index (κ2) is 4.04. The SMILES string of the molecule is Cc1cc(I)c(I)c(C(C)(C)C)c1. The van der Waals surface area contributed by atoms with Gasteiger partial charge in [0.1, 0.15) is 0 Å². The molecule has 1 aromatic rings. The number of hydrogen-bond donors (Lipinski definition) is 0. The van der Waals surface area contributed by atoms with E-state index in [0.29, 0.717) is 0 Å². The van der Waals surface area contributed by atoms with Crippen LogP contribution >= 0.6 is 45.2 Å². The molecule has 1 rings (SSSR count). The van der Waals surface area contributed by atoms with Gasteiger partial charge in [0.15, 0.2) is 0 Å². The minimum atomic E-state index is 0.252. The lowest BCUT2D eigenvalue weighted by Crippen LogP contribution is -2.14. The van der Waals surface area contributed by atoms with Crippen molar-refractivity contribution in [3.8, 4) is 0 Å². The van der Waals surface area contributed by atoms with Crippen molar-refractivity contribution in [2.24, 2.45) is 0 Å². The van der Waals surface area contributed by atoms with Crippen LogP contribution in [0.3, 0.4) is 0 Å². The zero-order chi connectivity index (χ0) is 10.2. The van der Waals surface area contributed by atoms with Gasteiger partial charge in [0.2, 0.25) is 0 Å². The van der Waals surface area contributed by atoms with Crippen LogP contribution in [-0.4, -0.2) is 0 Å². The number of halogens is 2. The number of aryl methyl sites for hydroxylation is 1. The van der Waals surface area contributed by atoms with E-state index < -0.39 is 0 Å². The zero-order valence-corrected chi connectivity index (χ0v) is 12.7. The van der Waals surface area contributed by atoms with E-state index in [2.05, 4.69) is 85.0 Å². The third kappa shape index (κ3) is 2.81. The Hall–Kier alpha value is 0.680. The van der Waals surface area contributed by atoms with E-state index >= 15 is 0 Å². The van der Waals surface area contributed by atoms with Crippen molar-refractivity contribution < 1.29 is 0 Å². The minimum Gasteiger partial charge on any atom is -0.0560 e. The third-order valence-electron chi connectivity index (χ3n) is 1.98. The zero-order valence-electron chi connectivity index (χ0n) is 8.41. The van der Waals surface area contributed by atoms with Crippen molar-refractivity contribution in [3.05, 3.63) is 30.4 Å². The first-order valence-corrected chi connectivity index (χ1v) is 6.44. The van der Waals surface area contributed by atoms with Gasteiger partial charge >= 0.3 is 0 Å². The molecule has 0 atom stereocenters. The quantitative estimate of drug-likeness (QED) is 0.563. The Morgan fingerprint density at radius 3 is 2.08 bits per heavy atom. The second-order valence-electron chi connectivity index (χ2n) is 4.36. The smallest absolute Gasteiger partial charge is 0.0301 e. The highest BCUT2D eigenvalue weighted by atomic mass is 127. The molecule has 0 spiro atoms. The summed E-state index contributed by atoms with van der Waals surface area (Å²) in [4.78, 5) is 0. The van der Waals surface area contributed by atoms with Gasteiger partial charge < -0.3 is 0 Å². The van der Waals surface area contributed by atoms with Crippen LogP contribution in [0, 0.1) is 14.1 Å². The molecule has 72 valence electrons. The summed E-state index contributed by atoms with van der Waals surface area (Å²) in [5, 5.41) is 0. The molecule has 0 N–H and O–H groups in total. The lowest BCUT2D eigenvalue weighted by atomic mass is 9.86. The van der Waals surface area contributed by atoms with Gasteiger partial charge in [-0.25, -0.2) is 0 Å². The molecule has 0 aliphatic carbocycles. The summed E-state index contributed by atoms with van der Waals surface area (Å²) in [5.74, 6) is 0. The van der Waals surface area contributed by atoms with Crippen molar-refractivity contribution >= 4 is 45.2 Å². The van der Waals surface area contributed by atoms with E-state index in [-0.39, 0.29) is 5.41 Å². The van der Waals surface area contributed by atoms with Gasteiger partial charge in [-0.3, -0.25) is 0 Å². The van der Waals surface area contributed by atoms with Crippen molar-refractivity contribution in [1.82, 2.24) is 0 Å². The minimum absolute atomic E-state index is 0.252. The molecule has 2 heteroatoms. The van der Waals surface area contributed by atoms with Gasteiger partial charge in [-0.2, -0.15) is 0 Å². The molecule has 0 fully saturated rings. The molecule has 0 nitrogen and oxygen atoms in total. The summed E-state index contributed by atoms with van der Waals surface area (Å²) in [5.41, 5.74) is 3.06. The van der Waals surface area contributed by atoms with Crippen LogP contribution in [0.1, 0.15) is 31.9 Å². The Bertz CT molecular complexity index is 322. The van der Waals surface area contributed by atoms with Crippen molar-refractivity contribution in [1.29, 1.82) is 0 Å². The Morgan fingerprint density at radius 2 is 1.62 bits per heavy atom. The van der Waals surface area contributed by atoms with Gasteiger partial charge in [0.25, 0.3) is 0 Å². The van der Waals surface area contributed by atoms with E-state index in [0.717, 1.165) is 0 Å². The lowest BCUT2D eigenvalue weighted by molar-refractivity contribution is 0.585. The Morgan fingerprint density at radius 1 is 1.08 bits per heavy atom. The summed E-state index contributed by atoms with van der Waals surface area (Å²) in [6.45, 7) is 8.95. The highest BCUT2D eigenvalue weighted by Gasteiger charge is 2.18. The van der Waals surface area contributed by atoms with Crippen LogP contribution in [0.5, 0.6) is 0 Å². The summed E-state index contributed by atoms with van der Waals surface area (Å²) in [6, 6.07) is 4.53. The monoisotopic (exact) mass is 400 g/mol. The number of rotatable bonds is 0. The normalized spacial score (nSPS) is 11.8. The fourth-order valence-electron chi connectivity index (χ4n) is 1.27. The van der Waals surface area contributed by atoms with Gasteiger partial charge in [0.05, 0.1) is 0 Å². The molecule has 0 heterocycles. The van der Waals surface area contributed by atoms with E-state index in [9.17, 15) is 0 Å². The van der Waals surface area contributed by atoms with E-state index in [4.69, 9.17) is 0 Å². The Labute approximate surface area is 108 Å². The van der Waals surface area contributed by atoms with Crippen LogP contribution in [0.4, 0.5) is 0 Å². The fraction of sp³-hybridized carbons (Fsp3) is 0.455. The molecule has 1 aromatic carbocycles. The summed E-state index contributed by atoms with van der Waals surface area (Å²) in [7, 11) is 0. The molecule has 13 heavy (non-hydrogen) atoms. The topological polar surface area (TPSA) is 0 Å². The molecule has 0 amide bonds. The van der Waals surface area contributed by atoms with Crippen LogP contribution in [0.2, 0.25) is 0 Å². The predicted octanol–water partition coefficient (Wildman–Crippen LogP) is 4.50. The molecular formula is C11H14I2. The maximum absolute atomic E-state index is 2.44. The van der Waals surface area contributed by atoms with Crippen molar-refractivity contribution in [2.45, 2.75) is 33.1 Å². The van der Waals surface area contributed by atoms with Gasteiger partial charge in [0, 0.05) is 7.14 Å². The first kappa shape index (κ1) is 11.8. The number of hydrogen-bond acceptors (Lipinski definition) is 0. The van der Waals surface area contributed by atoms with Crippen LogP contribution < -0.4 is 0 Å². The van der Waals surface area contributed by atoms with Crippen LogP contribution in [0.25, 0.3) is 0 Å². The Kier molecular flexibility index (Phi) is 3.66. The second-order valence-corrected chi connectivity index (χ2v) is 6.60. The molecule has 0 saturated heterocycles. The van der Waals surface area contributed by atoms with Crippen molar-refractivity contribution in [2.75, 3.05) is 0 Å². The highest BCUT2D eigenvalue weighted by molar-refractivity contribution is 14.1. The average molecular weight is 400 g/mol. The maximum Gasteiger partial charge on any atom is 0.0301 e. The third-order valence-corrected chi connectivity index (χ3v) is 5.03. The average Bonchev–Trinajstić information content (AvgIpc) is 1.94. The van der Waals surface area contributed by atoms with Gasteiger partial charge in [-0.05, 0) is 74.7 Å². The van der Waals surface area contributed by atoms with E-state index in [1.165, 1.54) is 18.3 Å². The molecule has 0 aromatic heterocycles. The van der Waals surface area contributed by atoms with Crippen LogP contribution in [-0.2, 0) is 5.41 Å². The molecule has 0 saturated carbocycles. The number of benzene rings is 1. The first-order chi connectivity index (χ1) is 5.82. The van der Waals surface area contributed by atoms with Gasteiger partial charge in [-0.1, -0.05) is 26.8 Å². The highest BCUT2D eigenvalue weighted by Crippen LogP contribution is 2.30. The summed E-state index contributed by atoms with van der Waals surface area (Å²) >= 11 is 4.85. The Balaban J connectivity index is 3.37. The molecule has 0 radical (unpaired) electrons. The molecule has 0 unspecified atom stereocenters. The van der Waals surface area contributed by atoms with E-state index in [1.807, 2.05) is 0 Å². The molecule has 0 aliphatic heterocycles. The standard InChI is InChI=1S/C11H14I2/c1-7-5-8(11(2,3)4)10(13)9(12)6-7/h5-6H,1-4H3. The fourth-order valence-corrected chi connectivity index (χ4v) is 3.17.